The molecule has 14 heteroatoms. The van der Waals surface area contributed by atoms with Crippen LogP contribution in [0.4, 0.5) is 5.82 Å². The lowest BCUT2D eigenvalue weighted by Crippen LogP contribution is -2.36. The van der Waals surface area contributed by atoms with E-state index in [1.54, 1.807) is 16.7 Å². The summed E-state index contributed by atoms with van der Waals surface area (Å²) in [5.74, 6) is -0.191. The second-order valence-corrected chi connectivity index (χ2v) is 12.0. The molecule has 0 spiro atoms. The molecule has 0 bridgehead atoms. The maximum atomic E-state index is 14.6. The van der Waals surface area contributed by atoms with Crippen LogP contribution < -0.4 is 15.3 Å². The molecule has 6 rings (SSSR count). The first-order valence-electron chi connectivity index (χ1n) is 14.0. The van der Waals surface area contributed by atoms with Crippen molar-refractivity contribution in [2.75, 3.05) is 12.3 Å². The molecule has 5 atom stereocenters. The molecule has 0 amide bonds. The van der Waals surface area contributed by atoms with Gasteiger partial charge in [0.1, 0.15) is 36.3 Å². The number of ether oxygens (including phenoxy) is 2. The average molecular weight is 619 g/mol. The van der Waals surface area contributed by atoms with Crippen LogP contribution in [0.5, 0.6) is 5.75 Å². The minimum atomic E-state index is -4.35. The van der Waals surface area contributed by atoms with E-state index in [0.717, 1.165) is 10.9 Å². The van der Waals surface area contributed by atoms with E-state index in [2.05, 4.69) is 20.0 Å². The zero-order chi connectivity index (χ0) is 30.7. The number of nitrogens with zero attached hydrogens (tertiary/aromatic N) is 4. The molecule has 1 aliphatic rings. The lowest BCUT2D eigenvalue weighted by atomic mass is 10.1. The van der Waals surface area contributed by atoms with Crippen LogP contribution >= 0.6 is 7.75 Å². The maximum Gasteiger partial charge on any atom is 0.459 e. The molecule has 1 fully saturated rings. The number of aliphatic hydroxyl groups excluding tert-OH is 1. The van der Waals surface area contributed by atoms with Gasteiger partial charge in [-0.05, 0) is 23.9 Å². The fraction of sp³-hybridized carbons (Fsp3) is 0.267. The Bertz CT molecular complexity index is 1810. The predicted octanol–water partition coefficient (Wildman–Crippen LogP) is 4.14. The molecule has 1 unspecified atom stereocenters. The number of aromatic nitrogens is 4. The zero-order valence-corrected chi connectivity index (χ0v) is 24.6. The van der Waals surface area contributed by atoms with E-state index >= 15 is 0 Å². The number of carbonyl (C=O) groups is 1. The Morgan fingerprint density at radius 3 is 2.70 bits per heavy atom. The molecule has 0 saturated carbocycles. The highest BCUT2D eigenvalue weighted by molar-refractivity contribution is 7.52. The third-order valence-electron chi connectivity index (χ3n) is 7.18. The summed E-state index contributed by atoms with van der Waals surface area (Å²) >= 11 is 0. The summed E-state index contributed by atoms with van der Waals surface area (Å²) < 4.78 is 40.1. The first-order valence-corrected chi connectivity index (χ1v) is 15.5. The first-order chi connectivity index (χ1) is 21.3. The summed E-state index contributed by atoms with van der Waals surface area (Å²) in [7, 11) is -4.35. The van der Waals surface area contributed by atoms with Crippen molar-refractivity contribution in [3.63, 3.8) is 0 Å². The summed E-state index contributed by atoms with van der Waals surface area (Å²) in [4.78, 5) is 25.6. The number of anilines is 1. The zero-order valence-electron chi connectivity index (χ0n) is 23.7. The Hall–Kier alpha value is -4.39. The van der Waals surface area contributed by atoms with Crippen LogP contribution in [0.25, 0.3) is 21.9 Å². The van der Waals surface area contributed by atoms with E-state index in [1.807, 2.05) is 60.7 Å². The number of hydrogen-bond donors (Lipinski definition) is 3. The third-order valence-corrected chi connectivity index (χ3v) is 8.87. The number of rotatable bonds is 11. The van der Waals surface area contributed by atoms with E-state index in [0.29, 0.717) is 16.6 Å². The minimum absolute atomic E-state index is 0.0381. The SMILES string of the molecule is C[C@H](NP(=O)(Oc1cccc2ccccc12)O[C@H]1C[C@@H](CO)O[C@H]1n1cnc2c(N)ncnc21)C(=O)OCc1ccccc1. The van der Waals surface area contributed by atoms with Gasteiger partial charge in [-0.25, -0.2) is 19.5 Å². The number of carbonyl (C=O) groups excluding carboxylic acids is 1. The molecule has 1 saturated heterocycles. The summed E-state index contributed by atoms with van der Waals surface area (Å²) in [6.45, 7) is 1.23. The van der Waals surface area contributed by atoms with Gasteiger partial charge >= 0.3 is 13.7 Å². The molecule has 3 heterocycles. The van der Waals surface area contributed by atoms with Gasteiger partial charge in [0.2, 0.25) is 0 Å². The van der Waals surface area contributed by atoms with E-state index in [-0.39, 0.29) is 31.2 Å². The number of nitrogen functional groups attached to an aromatic ring is 1. The van der Waals surface area contributed by atoms with Crippen LogP contribution in [-0.4, -0.2) is 55.5 Å². The van der Waals surface area contributed by atoms with Crippen molar-refractivity contribution in [1.82, 2.24) is 24.6 Å². The number of aliphatic hydroxyl groups is 1. The van der Waals surface area contributed by atoms with E-state index in [1.165, 1.54) is 19.6 Å². The van der Waals surface area contributed by atoms with Gasteiger partial charge in [-0.3, -0.25) is 13.9 Å². The molecular weight excluding hydrogens is 587 g/mol. The monoisotopic (exact) mass is 618 g/mol. The topological polar surface area (TPSA) is 173 Å². The van der Waals surface area contributed by atoms with Crippen molar-refractivity contribution < 1.29 is 33.0 Å². The summed E-state index contributed by atoms with van der Waals surface area (Å²) in [6, 6.07) is 20.9. The number of benzene rings is 3. The molecule has 0 aliphatic carbocycles. The van der Waals surface area contributed by atoms with E-state index in [9.17, 15) is 14.5 Å². The fourth-order valence-corrected chi connectivity index (χ4v) is 6.74. The largest absolute Gasteiger partial charge is 0.460 e. The smallest absolute Gasteiger partial charge is 0.459 e. The summed E-state index contributed by atoms with van der Waals surface area (Å²) in [5, 5.41) is 14.3. The summed E-state index contributed by atoms with van der Waals surface area (Å²) in [5.41, 5.74) is 7.50. The third kappa shape index (κ3) is 6.28. The lowest BCUT2D eigenvalue weighted by molar-refractivity contribution is -0.146. The fourth-order valence-electron chi connectivity index (χ4n) is 5.03. The van der Waals surface area contributed by atoms with Gasteiger partial charge in [0.15, 0.2) is 17.7 Å². The van der Waals surface area contributed by atoms with Crippen LogP contribution in [0.15, 0.2) is 85.5 Å². The highest BCUT2D eigenvalue weighted by Crippen LogP contribution is 2.51. The number of imidazole rings is 1. The van der Waals surface area contributed by atoms with Crippen molar-refractivity contribution in [2.45, 2.75) is 44.4 Å². The van der Waals surface area contributed by atoms with Gasteiger partial charge in [-0.2, -0.15) is 5.09 Å². The van der Waals surface area contributed by atoms with Gasteiger partial charge in [0, 0.05) is 11.8 Å². The molecule has 2 aromatic heterocycles. The van der Waals surface area contributed by atoms with Gasteiger partial charge in [-0.1, -0.05) is 66.7 Å². The highest BCUT2D eigenvalue weighted by Gasteiger charge is 2.44. The van der Waals surface area contributed by atoms with Gasteiger partial charge in [0.05, 0.1) is 19.0 Å². The van der Waals surface area contributed by atoms with Crippen LogP contribution in [0, 0.1) is 0 Å². The second-order valence-electron chi connectivity index (χ2n) is 10.3. The Morgan fingerprint density at radius 2 is 1.89 bits per heavy atom. The molecule has 3 aromatic carbocycles. The number of nitrogens with one attached hydrogen (secondary N) is 1. The molecule has 1 aliphatic heterocycles. The molecule has 0 radical (unpaired) electrons. The van der Waals surface area contributed by atoms with Crippen molar-refractivity contribution in [3.8, 4) is 5.75 Å². The normalized spacial score (nSPS) is 20.4. The Kier molecular flexibility index (Phi) is 8.56. The van der Waals surface area contributed by atoms with Gasteiger partial charge in [0.25, 0.3) is 0 Å². The minimum Gasteiger partial charge on any atom is -0.460 e. The van der Waals surface area contributed by atoms with Gasteiger partial charge < -0.3 is 24.8 Å². The van der Waals surface area contributed by atoms with Crippen LogP contribution in [0.2, 0.25) is 0 Å². The first kappa shape index (κ1) is 29.7. The molecule has 4 N–H and O–H groups in total. The average Bonchev–Trinajstić information content (AvgIpc) is 3.64. The maximum absolute atomic E-state index is 14.6. The number of nitrogens with two attached hydrogens (primary N) is 1. The predicted molar refractivity (Wildman–Crippen MR) is 161 cm³/mol. The standard InChI is InChI=1S/C30H31N6O7P/c1-19(30(38)40-16-20-8-3-2-4-9-20)35-44(39,42-24-13-7-11-21-10-5-6-12-23(21)24)43-25-14-22(15-37)41-29(25)36-18-34-26-27(31)32-17-33-28(26)36/h2-13,17-19,22,25,29,37H,14-16H2,1H3,(H,35,39)(H2,31,32,33)/t19-,22-,25-,29+,44?/m0/s1. The second kappa shape index (κ2) is 12.7. The van der Waals surface area contributed by atoms with Crippen LogP contribution in [0.3, 0.4) is 0 Å². The Balaban J connectivity index is 1.30. The summed E-state index contributed by atoms with van der Waals surface area (Å²) in [6.07, 6.45) is 0.409. The number of hydrogen-bond acceptors (Lipinski definition) is 11. The van der Waals surface area contributed by atoms with Crippen molar-refractivity contribution in [2.24, 2.45) is 0 Å². The molecule has 13 nitrogen and oxygen atoms in total. The van der Waals surface area contributed by atoms with Gasteiger partial charge in [-0.15, -0.1) is 0 Å². The van der Waals surface area contributed by atoms with Crippen molar-refractivity contribution >= 4 is 41.5 Å². The molecule has 228 valence electrons. The van der Waals surface area contributed by atoms with Crippen LogP contribution in [-0.2, 0) is 30.0 Å². The van der Waals surface area contributed by atoms with Crippen LogP contribution in [0.1, 0.15) is 25.1 Å². The molecule has 5 aromatic rings. The number of esters is 1. The van der Waals surface area contributed by atoms with Crippen molar-refractivity contribution in [3.05, 3.63) is 91.0 Å². The quantitative estimate of drug-likeness (QED) is 0.143. The Labute approximate surface area is 252 Å². The number of fused-ring (bicyclic) bond motifs is 2. The van der Waals surface area contributed by atoms with Crippen molar-refractivity contribution in [1.29, 1.82) is 0 Å². The van der Waals surface area contributed by atoms with E-state index in [4.69, 9.17) is 24.3 Å². The highest BCUT2D eigenvalue weighted by atomic mass is 31.2. The Morgan fingerprint density at radius 1 is 1.11 bits per heavy atom. The lowest BCUT2D eigenvalue weighted by Gasteiger charge is -2.28. The van der Waals surface area contributed by atoms with E-state index < -0.39 is 38.2 Å². The molecule has 44 heavy (non-hydrogen) atoms. The molecular formula is C30H31N6O7P.